The van der Waals surface area contributed by atoms with Crippen LogP contribution in [0.25, 0.3) is 0 Å². The van der Waals surface area contributed by atoms with Crippen molar-refractivity contribution in [1.82, 2.24) is 10.6 Å². The van der Waals surface area contributed by atoms with Crippen molar-refractivity contribution in [2.45, 2.75) is 33.7 Å². The summed E-state index contributed by atoms with van der Waals surface area (Å²) in [6, 6.07) is 8.33. The fraction of sp³-hybridized carbons (Fsp3) is 0.533. The molecule has 0 fully saturated rings. The average molecular weight is 248 g/mol. The molecule has 0 aliphatic carbocycles. The first kappa shape index (κ1) is 14.7. The molecule has 0 aliphatic rings. The molecule has 1 aromatic rings. The highest BCUT2D eigenvalue weighted by Crippen LogP contribution is 2.13. The maximum atomic E-state index is 11.9. The zero-order chi connectivity index (χ0) is 13.5. The standard InChI is InChI=1S/C15H24N2O/c1-5-16-10-12(3)15(18)17-13(4)14-8-6-11(2)7-9-14/h6-9,12-13,16H,5,10H2,1-4H3,(H,17,18). The Morgan fingerprint density at radius 2 is 1.83 bits per heavy atom. The molecule has 1 amide bonds. The van der Waals surface area contributed by atoms with Crippen molar-refractivity contribution in [2.24, 2.45) is 5.92 Å². The smallest absolute Gasteiger partial charge is 0.224 e. The van der Waals surface area contributed by atoms with Crippen LogP contribution in [0.3, 0.4) is 0 Å². The van der Waals surface area contributed by atoms with Gasteiger partial charge in [-0.25, -0.2) is 0 Å². The van der Waals surface area contributed by atoms with E-state index in [2.05, 4.69) is 41.8 Å². The van der Waals surface area contributed by atoms with E-state index in [1.165, 1.54) is 5.56 Å². The fourth-order valence-corrected chi connectivity index (χ4v) is 1.75. The van der Waals surface area contributed by atoms with Crippen LogP contribution in [0.1, 0.15) is 37.9 Å². The van der Waals surface area contributed by atoms with E-state index in [9.17, 15) is 4.79 Å². The highest BCUT2D eigenvalue weighted by atomic mass is 16.1. The van der Waals surface area contributed by atoms with E-state index in [-0.39, 0.29) is 17.9 Å². The molecule has 3 nitrogen and oxygen atoms in total. The summed E-state index contributed by atoms with van der Waals surface area (Å²) in [7, 11) is 0. The lowest BCUT2D eigenvalue weighted by Crippen LogP contribution is -2.36. The molecule has 1 aromatic carbocycles. The van der Waals surface area contributed by atoms with Crippen molar-refractivity contribution in [3.05, 3.63) is 35.4 Å². The van der Waals surface area contributed by atoms with Crippen molar-refractivity contribution in [3.8, 4) is 0 Å². The third-order valence-electron chi connectivity index (χ3n) is 3.08. The van der Waals surface area contributed by atoms with Gasteiger partial charge in [0.05, 0.1) is 6.04 Å². The Bertz CT molecular complexity index is 373. The Labute approximate surface area is 110 Å². The first-order chi connectivity index (χ1) is 8.54. The van der Waals surface area contributed by atoms with E-state index in [4.69, 9.17) is 0 Å². The van der Waals surface area contributed by atoms with E-state index in [0.717, 1.165) is 18.7 Å². The molecule has 2 N–H and O–H groups in total. The van der Waals surface area contributed by atoms with Crippen LogP contribution >= 0.6 is 0 Å². The van der Waals surface area contributed by atoms with Crippen molar-refractivity contribution in [2.75, 3.05) is 13.1 Å². The summed E-state index contributed by atoms with van der Waals surface area (Å²) in [5.74, 6) is 0.0990. The molecule has 0 radical (unpaired) electrons. The van der Waals surface area contributed by atoms with Crippen LogP contribution in [0.2, 0.25) is 0 Å². The molecule has 2 unspecified atom stereocenters. The van der Waals surface area contributed by atoms with E-state index < -0.39 is 0 Å². The number of carbonyl (C=O) groups is 1. The minimum absolute atomic E-state index is 0.00199. The van der Waals surface area contributed by atoms with E-state index in [0.29, 0.717) is 0 Å². The Morgan fingerprint density at radius 3 is 2.39 bits per heavy atom. The lowest BCUT2D eigenvalue weighted by Gasteiger charge is -2.18. The van der Waals surface area contributed by atoms with Gasteiger partial charge in [0.1, 0.15) is 0 Å². The number of aryl methyl sites for hydroxylation is 1. The summed E-state index contributed by atoms with van der Waals surface area (Å²) < 4.78 is 0. The van der Waals surface area contributed by atoms with Gasteiger partial charge in [-0.05, 0) is 26.0 Å². The molecule has 100 valence electrons. The number of benzene rings is 1. The summed E-state index contributed by atoms with van der Waals surface area (Å²) in [6.45, 7) is 9.68. The number of amides is 1. The molecule has 0 aromatic heterocycles. The Morgan fingerprint density at radius 1 is 1.22 bits per heavy atom. The first-order valence-corrected chi connectivity index (χ1v) is 6.62. The zero-order valence-corrected chi connectivity index (χ0v) is 11.8. The van der Waals surface area contributed by atoms with Gasteiger partial charge in [0.25, 0.3) is 0 Å². The van der Waals surface area contributed by atoms with Gasteiger partial charge in [0.2, 0.25) is 5.91 Å². The Hall–Kier alpha value is -1.35. The molecule has 0 heterocycles. The van der Waals surface area contributed by atoms with Gasteiger partial charge in [-0.15, -0.1) is 0 Å². The topological polar surface area (TPSA) is 41.1 Å². The molecular formula is C15H24N2O. The second-order valence-electron chi connectivity index (χ2n) is 4.85. The molecule has 0 saturated carbocycles. The average Bonchev–Trinajstić information content (AvgIpc) is 2.36. The van der Waals surface area contributed by atoms with E-state index >= 15 is 0 Å². The number of carbonyl (C=O) groups excluding carboxylic acids is 1. The zero-order valence-electron chi connectivity index (χ0n) is 11.8. The number of rotatable bonds is 6. The molecule has 18 heavy (non-hydrogen) atoms. The predicted molar refractivity (Wildman–Crippen MR) is 75.4 cm³/mol. The maximum Gasteiger partial charge on any atom is 0.224 e. The lowest BCUT2D eigenvalue weighted by molar-refractivity contribution is -0.125. The van der Waals surface area contributed by atoms with Gasteiger partial charge in [0.15, 0.2) is 0 Å². The quantitative estimate of drug-likeness (QED) is 0.811. The number of hydrogen-bond acceptors (Lipinski definition) is 2. The lowest BCUT2D eigenvalue weighted by atomic mass is 10.1. The van der Waals surface area contributed by atoms with Crippen LogP contribution in [0.15, 0.2) is 24.3 Å². The van der Waals surface area contributed by atoms with Crippen LogP contribution in [0.5, 0.6) is 0 Å². The summed E-state index contributed by atoms with van der Waals surface area (Å²) in [4.78, 5) is 11.9. The Balaban J connectivity index is 2.51. The Kier molecular flexibility index (Phi) is 5.86. The van der Waals surface area contributed by atoms with Crippen LogP contribution in [0.4, 0.5) is 0 Å². The van der Waals surface area contributed by atoms with E-state index in [1.54, 1.807) is 0 Å². The predicted octanol–water partition coefficient (Wildman–Crippen LogP) is 2.42. The second-order valence-corrected chi connectivity index (χ2v) is 4.85. The van der Waals surface area contributed by atoms with Crippen molar-refractivity contribution in [3.63, 3.8) is 0 Å². The SMILES string of the molecule is CCNCC(C)C(=O)NC(C)c1ccc(C)cc1. The molecule has 0 aliphatic heterocycles. The number of nitrogens with one attached hydrogen (secondary N) is 2. The third kappa shape index (κ3) is 4.49. The molecule has 3 heteroatoms. The normalized spacial score (nSPS) is 14.0. The fourth-order valence-electron chi connectivity index (χ4n) is 1.75. The maximum absolute atomic E-state index is 11.9. The van der Waals surface area contributed by atoms with Gasteiger partial charge in [0, 0.05) is 12.5 Å². The third-order valence-corrected chi connectivity index (χ3v) is 3.08. The van der Waals surface area contributed by atoms with E-state index in [1.807, 2.05) is 20.8 Å². The summed E-state index contributed by atoms with van der Waals surface area (Å²) in [5.41, 5.74) is 2.38. The van der Waals surface area contributed by atoms with Crippen LogP contribution < -0.4 is 10.6 Å². The molecule has 0 bridgehead atoms. The van der Waals surface area contributed by atoms with Gasteiger partial charge in [-0.1, -0.05) is 43.7 Å². The van der Waals surface area contributed by atoms with Gasteiger partial charge < -0.3 is 10.6 Å². The highest BCUT2D eigenvalue weighted by molar-refractivity contribution is 5.78. The monoisotopic (exact) mass is 248 g/mol. The van der Waals surface area contributed by atoms with Crippen LogP contribution in [-0.4, -0.2) is 19.0 Å². The summed E-state index contributed by atoms with van der Waals surface area (Å²) in [6.07, 6.45) is 0. The van der Waals surface area contributed by atoms with Crippen LogP contribution in [-0.2, 0) is 4.79 Å². The van der Waals surface area contributed by atoms with Gasteiger partial charge >= 0.3 is 0 Å². The van der Waals surface area contributed by atoms with Crippen molar-refractivity contribution in [1.29, 1.82) is 0 Å². The minimum Gasteiger partial charge on any atom is -0.349 e. The van der Waals surface area contributed by atoms with Gasteiger partial charge in [-0.3, -0.25) is 4.79 Å². The van der Waals surface area contributed by atoms with Crippen LogP contribution in [0, 0.1) is 12.8 Å². The van der Waals surface area contributed by atoms with Gasteiger partial charge in [-0.2, -0.15) is 0 Å². The molecule has 0 spiro atoms. The first-order valence-electron chi connectivity index (χ1n) is 6.62. The molecule has 1 rings (SSSR count). The molecule has 0 saturated heterocycles. The van der Waals surface area contributed by atoms with Crippen molar-refractivity contribution >= 4 is 5.91 Å². The number of hydrogen-bond donors (Lipinski definition) is 2. The highest BCUT2D eigenvalue weighted by Gasteiger charge is 2.15. The molecular weight excluding hydrogens is 224 g/mol. The second kappa shape index (κ2) is 7.17. The van der Waals surface area contributed by atoms with Crippen molar-refractivity contribution < 1.29 is 4.79 Å². The summed E-state index contributed by atoms with van der Waals surface area (Å²) >= 11 is 0. The molecule has 2 atom stereocenters. The summed E-state index contributed by atoms with van der Waals surface area (Å²) in [5, 5.41) is 6.23. The minimum atomic E-state index is -0.00199. The largest absolute Gasteiger partial charge is 0.349 e.